The molecule has 13 nitrogen and oxygen atoms in total. The molecule has 0 radical (unpaired) electrons. The maximum Gasteiger partial charge on any atom is 0.323 e. The Kier molecular flexibility index (Phi) is 14.8. The quantitative estimate of drug-likeness (QED) is 0.0682. The van der Waals surface area contributed by atoms with Crippen molar-refractivity contribution < 1.29 is 28.4 Å². The predicted molar refractivity (Wildman–Crippen MR) is 138 cm³/mol. The number of nitrogens with one attached hydrogen (secondary N) is 3. The van der Waals surface area contributed by atoms with Gasteiger partial charge in [-0.2, -0.15) is 0 Å². The van der Waals surface area contributed by atoms with Gasteiger partial charge in [0.15, 0.2) is 5.82 Å². The van der Waals surface area contributed by atoms with E-state index in [-0.39, 0.29) is 32.7 Å². The molecule has 0 spiro atoms. The van der Waals surface area contributed by atoms with E-state index in [0.717, 1.165) is 38.2 Å². The van der Waals surface area contributed by atoms with Crippen LogP contribution in [0.2, 0.25) is 0 Å². The largest absolute Gasteiger partial charge is 0.465 e. The molecule has 5 N–H and O–H groups in total. The van der Waals surface area contributed by atoms with Crippen molar-refractivity contribution in [2.75, 3.05) is 26.2 Å². The minimum absolute atomic E-state index is 0.110. The monoisotopic (exact) mass is 529 g/mol. The van der Waals surface area contributed by atoms with Crippen LogP contribution in [-0.2, 0) is 34.9 Å². The minimum atomic E-state index is -3.60. The molecule has 36 heavy (non-hydrogen) atoms. The first kappa shape index (κ1) is 31.4. The third kappa shape index (κ3) is 11.0. The van der Waals surface area contributed by atoms with Gasteiger partial charge in [0.2, 0.25) is 7.44 Å². The van der Waals surface area contributed by atoms with Crippen LogP contribution < -0.4 is 15.9 Å². The lowest BCUT2D eigenvalue weighted by Crippen LogP contribution is -2.43. The molecule has 0 bridgehead atoms. The van der Waals surface area contributed by atoms with Gasteiger partial charge in [0.05, 0.1) is 32.5 Å². The summed E-state index contributed by atoms with van der Waals surface area (Å²) in [7, 11) is -3.60. The van der Waals surface area contributed by atoms with E-state index >= 15 is 0 Å². The molecule has 0 saturated carbocycles. The van der Waals surface area contributed by atoms with Gasteiger partial charge in [-0.25, -0.2) is 20.2 Å². The predicted octanol–water partition coefficient (Wildman–Crippen LogP) is 2.31. The number of carbonyl (C=O) groups excluding carboxylic acids is 2. The first-order valence-electron chi connectivity index (χ1n) is 12.1. The average Bonchev–Trinajstić information content (AvgIpc) is 3.23. The molecule has 14 heteroatoms. The molecule has 0 amide bonds. The molecule has 1 heterocycles. The van der Waals surface area contributed by atoms with Crippen LogP contribution in [0.5, 0.6) is 0 Å². The molecule has 1 rings (SSSR count). The van der Waals surface area contributed by atoms with Crippen molar-refractivity contribution in [1.29, 1.82) is 5.41 Å². The molecule has 0 aliphatic carbocycles. The number of aliphatic imine (C=N–C) groups is 1. The Morgan fingerprint density at radius 2 is 1.69 bits per heavy atom. The molecule has 0 saturated heterocycles. The van der Waals surface area contributed by atoms with Crippen LogP contribution in [0.1, 0.15) is 59.1 Å². The lowest BCUT2D eigenvalue weighted by atomic mass is 10.3. The summed E-state index contributed by atoms with van der Waals surface area (Å²) >= 11 is 0. The zero-order valence-electron chi connectivity index (χ0n) is 21.6. The number of rotatable bonds is 19. The van der Waals surface area contributed by atoms with Gasteiger partial charge < -0.3 is 29.9 Å². The summed E-state index contributed by atoms with van der Waals surface area (Å²) < 4.78 is 31.4. The fourth-order valence-electron chi connectivity index (χ4n) is 2.95. The number of ether oxygens (including phenoxy) is 3. The molecule has 1 aromatic heterocycles. The number of nitrogens with zero attached hydrogens (tertiary/aromatic N) is 3. The molecule has 0 aromatic carbocycles. The molecule has 0 fully saturated rings. The van der Waals surface area contributed by atoms with Gasteiger partial charge in [-0.1, -0.05) is 26.7 Å². The van der Waals surface area contributed by atoms with Crippen molar-refractivity contribution >= 4 is 37.8 Å². The molecular formula is C22H40N7O6P. The van der Waals surface area contributed by atoms with E-state index in [0.29, 0.717) is 11.5 Å². The SMILES string of the molecule is CCCCOC(=O)[C@H](C)NP(=O)(COCCn1cnc(C=N)c1/N=C/N)N[C@@H](C)C(=O)OCCCC. The van der Waals surface area contributed by atoms with Crippen LogP contribution in [0.4, 0.5) is 5.82 Å². The molecule has 0 unspecified atom stereocenters. The van der Waals surface area contributed by atoms with Gasteiger partial charge in [0, 0.05) is 12.8 Å². The van der Waals surface area contributed by atoms with Crippen molar-refractivity contribution in [3.63, 3.8) is 0 Å². The zero-order valence-corrected chi connectivity index (χ0v) is 22.5. The average molecular weight is 530 g/mol. The second kappa shape index (κ2) is 17.0. The highest BCUT2D eigenvalue weighted by atomic mass is 31.2. The molecule has 0 aliphatic rings. The van der Waals surface area contributed by atoms with Crippen LogP contribution in [0.3, 0.4) is 0 Å². The molecule has 204 valence electrons. The smallest absolute Gasteiger partial charge is 0.323 e. The van der Waals surface area contributed by atoms with Gasteiger partial charge in [-0.05, 0) is 26.7 Å². The van der Waals surface area contributed by atoms with Crippen LogP contribution in [0.15, 0.2) is 11.3 Å². The highest BCUT2D eigenvalue weighted by Crippen LogP contribution is 2.37. The number of esters is 2. The van der Waals surface area contributed by atoms with E-state index in [1.165, 1.54) is 20.2 Å². The Balaban J connectivity index is 2.84. The Morgan fingerprint density at radius 3 is 2.17 bits per heavy atom. The minimum Gasteiger partial charge on any atom is -0.465 e. The maximum absolute atomic E-state index is 13.7. The fraction of sp³-hybridized carbons (Fsp3) is 0.682. The highest BCUT2D eigenvalue weighted by Gasteiger charge is 2.32. The van der Waals surface area contributed by atoms with Crippen LogP contribution in [0.25, 0.3) is 0 Å². The van der Waals surface area contributed by atoms with E-state index in [1.54, 1.807) is 4.57 Å². The zero-order chi connectivity index (χ0) is 27.0. The Bertz CT molecular complexity index is 873. The first-order valence-corrected chi connectivity index (χ1v) is 14.0. The molecule has 2 atom stereocenters. The summed E-state index contributed by atoms with van der Waals surface area (Å²) in [6, 6.07) is -1.80. The summed E-state index contributed by atoms with van der Waals surface area (Å²) in [4.78, 5) is 32.7. The third-order valence-electron chi connectivity index (χ3n) is 4.92. The van der Waals surface area contributed by atoms with Crippen molar-refractivity contribution in [1.82, 2.24) is 19.7 Å². The van der Waals surface area contributed by atoms with Gasteiger partial charge >= 0.3 is 11.9 Å². The molecular weight excluding hydrogens is 489 g/mol. The standard InChI is InChI=1S/C22H40N7O6P/c1-5-7-10-34-21(30)17(3)27-36(32,28-18(4)22(31)35-11-8-6-2)16-33-12-9-29-15-26-19(13-23)20(29)25-14-24/h13-15,17-18,23H,5-12,16H2,1-4H3,(H2,24,25)(H2,27,28,32)/t17-,18-/m0/s1. The fourth-order valence-corrected chi connectivity index (χ4v) is 5.02. The molecule has 0 aliphatic heterocycles. The highest BCUT2D eigenvalue weighted by molar-refractivity contribution is 7.59. The van der Waals surface area contributed by atoms with Crippen LogP contribution >= 0.6 is 7.44 Å². The summed E-state index contributed by atoms with van der Waals surface area (Å²) in [5.41, 5.74) is 5.72. The number of aromatic nitrogens is 2. The van der Waals surface area contributed by atoms with Gasteiger partial charge in [0.1, 0.15) is 24.1 Å². The van der Waals surface area contributed by atoms with E-state index in [4.69, 9.17) is 25.4 Å². The molecule has 1 aromatic rings. The van der Waals surface area contributed by atoms with Crippen molar-refractivity contribution in [3.8, 4) is 0 Å². The number of unbranched alkanes of at least 4 members (excludes halogenated alkanes) is 2. The Morgan fingerprint density at radius 1 is 1.14 bits per heavy atom. The lowest BCUT2D eigenvalue weighted by Gasteiger charge is -2.26. The second-order valence-corrected chi connectivity index (χ2v) is 10.3. The van der Waals surface area contributed by atoms with E-state index in [1.807, 2.05) is 13.8 Å². The van der Waals surface area contributed by atoms with E-state index in [9.17, 15) is 14.2 Å². The number of nitrogens with two attached hydrogens (primary N) is 1. The topological polar surface area (TPSA) is 183 Å². The van der Waals surface area contributed by atoms with Crippen molar-refractivity contribution in [2.45, 2.75) is 72.0 Å². The van der Waals surface area contributed by atoms with Crippen molar-refractivity contribution in [2.24, 2.45) is 10.7 Å². The number of imidazole rings is 1. The van der Waals surface area contributed by atoms with Gasteiger partial charge in [0.25, 0.3) is 0 Å². The van der Waals surface area contributed by atoms with Gasteiger partial charge in [-0.3, -0.25) is 14.2 Å². The second-order valence-electron chi connectivity index (χ2n) is 8.09. The first-order chi connectivity index (χ1) is 17.2. The lowest BCUT2D eigenvalue weighted by molar-refractivity contribution is -0.145. The summed E-state index contributed by atoms with van der Waals surface area (Å²) in [6.45, 7) is 7.97. The summed E-state index contributed by atoms with van der Waals surface area (Å²) in [5, 5.41) is 12.9. The number of carbonyl (C=O) groups is 2. The maximum atomic E-state index is 13.7. The summed E-state index contributed by atoms with van der Waals surface area (Å²) in [5.74, 6) is -0.710. The number of hydrogen-bond donors (Lipinski definition) is 4. The third-order valence-corrected chi connectivity index (χ3v) is 7.07. The van der Waals surface area contributed by atoms with Gasteiger partial charge in [-0.15, -0.1) is 0 Å². The Labute approximate surface area is 212 Å². The van der Waals surface area contributed by atoms with Crippen molar-refractivity contribution in [3.05, 3.63) is 12.0 Å². The van der Waals surface area contributed by atoms with E-state index < -0.39 is 31.5 Å². The van der Waals surface area contributed by atoms with E-state index in [2.05, 4.69) is 20.2 Å². The normalized spacial score (nSPS) is 13.4. The Hall–Kier alpha value is -2.60. The van der Waals surface area contributed by atoms with Crippen LogP contribution in [0, 0.1) is 5.41 Å². The van der Waals surface area contributed by atoms with Crippen LogP contribution in [-0.4, -0.2) is 72.3 Å². The number of hydrogen-bond acceptors (Lipinski definition) is 9. The summed E-state index contributed by atoms with van der Waals surface area (Å²) in [6.07, 6.45) is 6.53.